The van der Waals surface area contributed by atoms with Gasteiger partial charge in [-0.15, -0.1) is 0 Å². The molecule has 3 heteroatoms. The Bertz CT molecular complexity index is 287. The number of nitrogens with one attached hydrogen (secondary N) is 1. The summed E-state index contributed by atoms with van der Waals surface area (Å²) in [4.78, 5) is 0. The Hall–Kier alpha value is -0.990. The molecule has 0 amide bonds. The van der Waals surface area contributed by atoms with Gasteiger partial charge in [-0.2, -0.15) is 5.10 Å². The van der Waals surface area contributed by atoms with Gasteiger partial charge >= 0.3 is 0 Å². The van der Waals surface area contributed by atoms with E-state index in [0.29, 0.717) is 6.04 Å². The average molecular weight is 207 g/mol. The maximum Gasteiger partial charge on any atom is 0.0726 e. The van der Waals surface area contributed by atoms with Gasteiger partial charge in [-0.25, -0.2) is 0 Å². The number of unbranched alkanes of at least 4 members (excludes halogenated alkanes) is 1. The second-order valence-corrected chi connectivity index (χ2v) is 4.43. The highest BCUT2D eigenvalue weighted by atomic mass is 15.3. The molecule has 1 aromatic rings. The Morgan fingerprint density at radius 1 is 1.47 bits per heavy atom. The molecule has 0 unspecified atom stereocenters. The molecule has 2 rings (SSSR count). The van der Waals surface area contributed by atoms with Crippen molar-refractivity contribution in [1.82, 2.24) is 9.78 Å². The number of nitrogens with zero attached hydrogens (tertiary/aromatic N) is 2. The van der Waals surface area contributed by atoms with E-state index in [9.17, 15) is 0 Å². The molecule has 84 valence electrons. The molecule has 0 atom stereocenters. The molecule has 0 bridgehead atoms. The molecule has 0 spiro atoms. The minimum Gasteiger partial charge on any atom is -0.383 e. The van der Waals surface area contributed by atoms with Crippen LogP contribution in [0.4, 0.5) is 5.69 Å². The highest BCUT2D eigenvalue weighted by Gasteiger charge is 2.17. The van der Waals surface area contributed by atoms with E-state index in [1.807, 2.05) is 6.20 Å². The summed E-state index contributed by atoms with van der Waals surface area (Å²) in [6.45, 7) is 3.27. The first-order valence-electron chi connectivity index (χ1n) is 6.18. The summed E-state index contributed by atoms with van der Waals surface area (Å²) in [5, 5.41) is 7.84. The van der Waals surface area contributed by atoms with Gasteiger partial charge in [0.2, 0.25) is 0 Å². The number of rotatable bonds is 5. The smallest absolute Gasteiger partial charge is 0.0726 e. The summed E-state index contributed by atoms with van der Waals surface area (Å²) in [5.74, 6) is 0. The minimum absolute atomic E-state index is 0.659. The molecule has 1 N–H and O–H groups in total. The van der Waals surface area contributed by atoms with Crippen molar-refractivity contribution in [2.24, 2.45) is 0 Å². The van der Waals surface area contributed by atoms with E-state index in [-0.39, 0.29) is 0 Å². The molecule has 0 aromatic carbocycles. The maximum atomic E-state index is 4.43. The lowest BCUT2D eigenvalue weighted by Gasteiger charge is -2.08. The molecule has 0 radical (unpaired) electrons. The number of aromatic nitrogens is 2. The van der Waals surface area contributed by atoms with Crippen LogP contribution >= 0.6 is 0 Å². The van der Waals surface area contributed by atoms with Crippen LogP contribution in [-0.4, -0.2) is 16.3 Å². The van der Waals surface area contributed by atoms with Crippen LogP contribution in [0.25, 0.3) is 0 Å². The summed E-state index contributed by atoms with van der Waals surface area (Å²) >= 11 is 0. The molecule has 1 saturated carbocycles. The van der Waals surface area contributed by atoms with E-state index in [0.717, 1.165) is 6.54 Å². The van der Waals surface area contributed by atoms with E-state index in [1.54, 1.807) is 0 Å². The highest BCUT2D eigenvalue weighted by molar-refractivity contribution is 5.38. The van der Waals surface area contributed by atoms with Gasteiger partial charge in [-0.3, -0.25) is 4.68 Å². The van der Waals surface area contributed by atoms with Crippen LogP contribution in [0.1, 0.15) is 51.5 Å². The van der Waals surface area contributed by atoms with Gasteiger partial charge in [0.1, 0.15) is 0 Å². The lowest BCUT2D eigenvalue weighted by atomic mass is 10.3. The second kappa shape index (κ2) is 5.19. The Balaban J connectivity index is 1.86. The Morgan fingerprint density at radius 3 is 3.00 bits per heavy atom. The van der Waals surface area contributed by atoms with Crippen LogP contribution in [0.15, 0.2) is 12.4 Å². The van der Waals surface area contributed by atoms with Gasteiger partial charge in [-0.1, -0.05) is 26.2 Å². The lowest BCUT2D eigenvalue weighted by Crippen LogP contribution is -2.04. The Morgan fingerprint density at radius 2 is 2.27 bits per heavy atom. The van der Waals surface area contributed by atoms with Gasteiger partial charge in [0.15, 0.2) is 0 Å². The zero-order valence-electron chi connectivity index (χ0n) is 9.58. The van der Waals surface area contributed by atoms with Crippen LogP contribution < -0.4 is 5.32 Å². The number of hydrogen-bond donors (Lipinski definition) is 1. The quantitative estimate of drug-likeness (QED) is 0.751. The van der Waals surface area contributed by atoms with Crippen LogP contribution in [-0.2, 0) is 0 Å². The van der Waals surface area contributed by atoms with E-state index in [2.05, 4.69) is 28.2 Å². The molecule has 3 nitrogen and oxygen atoms in total. The topological polar surface area (TPSA) is 29.9 Å². The molecule has 0 saturated heterocycles. The fourth-order valence-electron chi connectivity index (χ4n) is 2.21. The van der Waals surface area contributed by atoms with Crippen molar-refractivity contribution in [2.75, 3.05) is 11.9 Å². The van der Waals surface area contributed by atoms with Crippen molar-refractivity contribution in [3.8, 4) is 0 Å². The average Bonchev–Trinajstić information content (AvgIpc) is 2.87. The molecule has 15 heavy (non-hydrogen) atoms. The first-order valence-corrected chi connectivity index (χ1v) is 6.18. The Kier molecular flexibility index (Phi) is 3.64. The standard InChI is InChI=1S/C12H21N3/c1-2-3-8-13-11-9-14-15(10-11)12-6-4-5-7-12/h9-10,12-13H,2-8H2,1H3. The van der Waals surface area contributed by atoms with Gasteiger partial charge in [0.05, 0.1) is 17.9 Å². The van der Waals surface area contributed by atoms with E-state index in [4.69, 9.17) is 0 Å². The Labute approximate surface area is 91.9 Å². The molecule has 1 heterocycles. The normalized spacial score (nSPS) is 17.1. The van der Waals surface area contributed by atoms with Crippen molar-refractivity contribution >= 4 is 5.69 Å². The SMILES string of the molecule is CCCCNc1cnn(C2CCCC2)c1. The molecule has 1 aliphatic carbocycles. The third kappa shape index (κ3) is 2.74. The van der Waals surface area contributed by atoms with E-state index >= 15 is 0 Å². The third-order valence-electron chi connectivity index (χ3n) is 3.16. The van der Waals surface area contributed by atoms with Crippen molar-refractivity contribution in [1.29, 1.82) is 0 Å². The van der Waals surface area contributed by atoms with Crippen LogP contribution in [0.2, 0.25) is 0 Å². The number of anilines is 1. The van der Waals surface area contributed by atoms with E-state index in [1.165, 1.54) is 44.2 Å². The van der Waals surface area contributed by atoms with E-state index < -0.39 is 0 Å². The summed E-state index contributed by atoms with van der Waals surface area (Å²) < 4.78 is 2.14. The third-order valence-corrected chi connectivity index (χ3v) is 3.16. The summed E-state index contributed by atoms with van der Waals surface area (Å²) in [6, 6.07) is 0.659. The summed E-state index contributed by atoms with van der Waals surface area (Å²) in [7, 11) is 0. The van der Waals surface area contributed by atoms with Crippen molar-refractivity contribution in [2.45, 2.75) is 51.5 Å². The van der Waals surface area contributed by atoms with Gasteiger partial charge in [0, 0.05) is 12.7 Å². The first kappa shape index (κ1) is 10.5. The number of hydrogen-bond acceptors (Lipinski definition) is 2. The lowest BCUT2D eigenvalue weighted by molar-refractivity contribution is 0.467. The fraction of sp³-hybridized carbons (Fsp3) is 0.750. The monoisotopic (exact) mass is 207 g/mol. The first-order chi connectivity index (χ1) is 7.40. The molecule has 1 aromatic heterocycles. The zero-order chi connectivity index (χ0) is 10.5. The second-order valence-electron chi connectivity index (χ2n) is 4.43. The van der Waals surface area contributed by atoms with Crippen LogP contribution in [0.5, 0.6) is 0 Å². The predicted octanol–water partition coefficient (Wildman–Crippen LogP) is 3.21. The summed E-state index contributed by atoms with van der Waals surface area (Å²) in [6.07, 6.45) is 11.9. The van der Waals surface area contributed by atoms with Crippen LogP contribution in [0, 0.1) is 0 Å². The van der Waals surface area contributed by atoms with Crippen molar-refractivity contribution < 1.29 is 0 Å². The molecular weight excluding hydrogens is 186 g/mol. The summed E-state index contributed by atoms with van der Waals surface area (Å²) in [5.41, 5.74) is 1.18. The van der Waals surface area contributed by atoms with Gasteiger partial charge in [-0.05, 0) is 19.3 Å². The fourth-order valence-corrected chi connectivity index (χ4v) is 2.21. The minimum atomic E-state index is 0.659. The van der Waals surface area contributed by atoms with Gasteiger partial charge < -0.3 is 5.32 Å². The van der Waals surface area contributed by atoms with Gasteiger partial charge in [0.25, 0.3) is 0 Å². The molecule has 0 aliphatic heterocycles. The molecule has 1 fully saturated rings. The van der Waals surface area contributed by atoms with Crippen molar-refractivity contribution in [3.05, 3.63) is 12.4 Å². The largest absolute Gasteiger partial charge is 0.383 e. The zero-order valence-corrected chi connectivity index (χ0v) is 9.58. The van der Waals surface area contributed by atoms with Crippen LogP contribution in [0.3, 0.4) is 0 Å². The maximum absolute atomic E-state index is 4.43. The molecular formula is C12H21N3. The molecule has 1 aliphatic rings. The predicted molar refractivity (Wildman–Crippen MR) is 63.1 cm³/mol. The van der Waals surface area contributed by atoms with Crippen molar-refractivity contribution in [3.63, 3.8) is 0 Å². The highest BCUT2D eigenvalue weighted by Crippen LogP contribution is 2.29.